The summed E-state index contributed by atoms with van der Waals surface area (Å²) in [4.78, 5) is 25.4. The number of likely N-dealkylation sites (tertiary alicyclic amines) is 1. The molecule has 2 heterocycles. The minimum atomic E-state index is -1.24. The Bertz CT molecular complexity index is 1660. The smallest absolute Gasteiger partial charge is 0.413 e. The Labute approximate surface area is 279 Å². The molecule has 1 aromatic heterocycles. The maximum Gasteiger partial charge on any atom is 0.413 e. The van der Waals surface area contributed by atoms with Crippen molar-refractivity contribution in [2.24, 2.45) is 0 Å². The van der Waals surface area contributed by atoms with Crippen molar-refractivity contribution in [3.05, 3.63) is 104 Å². The Morgan fingerprint density at radius 1 is 1.02 bits per heavy atom. The lowest BCUT2D eigenvalue weighted by atomic mass is 9.89. The first kappa shape index (κ1) is 33.4. The molecule has 2 N–H and O–H groups in total. The van der Waals surface area contributed by atoms with Gasteiger partial charge in [-0.05, 0) is 112 Å². The number of hydrogen-bond donors (Lipinski definition) is 2. The van der Waals surface area contributed by atoms with Crippen LogP contribution in [-0.4, -0.2) is 52.3 Å². The van der Waals surface area contributed by atoms with Crippen LogP contribution < -0.4 is 15.0 Å². The van der Waals surface area contributed by atoms with Crippen LogP contribution in [-0.2, 0) is 0 Å². The molecule has 1 saturated heterocycles. The largest absolute Gasteiger partial charge is 0.490 e. The Hall–Kier alpha value is -3.92. The summed E-state index contributed by atoms with van der Waals surface area (Å²) in [6.45, 7) is 9.47. The number of benzene rings is 3. The first-order chi connectivity index (χ1) is 22.1. The molecular formula is C35H38Cl2FN5O3. The third kappa shape index (κ3) is 8.26. The first-order valence-electron chi connectivity index (χ1n) is 15.4. The van der Waals surface area contributed by atoms with Crippen LogP contribution in [0.4, 0.5) is 26.6 Å². The number of aromatic nitrogens is 2. The molecule has 1 unspecified atom stereocenters. The lowest BCUT2D eigenvalue weighted by Gasteiger charge is -2.32. The van der Waals surface area contributed by atoms with E-state index in [1.807, 2.05) is 32.9 Å². The number of carbonyl (C=O) groups is 1. The highest BCUT2D eigenvalue weighted by Gasteiger charge is 2.32. The van der Waals surface area contributed by atoms with Crippen molar-refractivity contribution < 1.29 is 19.0 Å². The predicted octanol–water partition coefficient (Wildman–Crippen LogP) is 9.12. The fourth-order valence-corrected chi connectivity index (χ4v) is 6.71. The maximum atomic E-state index is 15.0. The number of halogens is 3. The molecule has 3 aromatic carbocycles. The van der Waals surface area contributed by atoms with Gasteiger partial charge in [-0.25, -0.2) is 19.1 Å². The standard InChI is InChI=1S/C35H38Cl2FN5O3/c1-22-16-23(2)32(24(3)17-22)33(25-18-26(36)20-27(37)19-25)43(35(44)45)31-10-11-39-34(41-31)40-28-8-9-30(29(38)21-28)46-15-7-14-42-12-5-4-6-13-42/h8-11,16-21,33H,4-7,12-15H2,1-3H3,(H,44,45)(H,39,40,41). The van der Waals surface area contributed by atoms with Gasteiger partial charge < -0.3 is 20.1 Å². The lowest BCUT2D eigenvalue weighted by molar-refractivity contribution is 0.200. The third-order valence-corrected chi connectivity index (χ3v) is 8.51. The number of rotatable bonds is 11. The number of ether oxygens (including phenoxy) is 1. The van der Waals surface area contributed by atoms with Crippen molar-refractivity contribution in [3.8, 4) is 5.75 Å². The van der Waals surface area contributed by atoms with Gasteiger partial charge in [0.15, 0.2) is 11.6 Å². The zero-order valence-electron chi connectivity index (χ0n) is 26.2. The zero-order valence-corrected chi connectivity index (χ0v) is 27.7. The van der Waals surface area contributed by atoms with E-state index in [1.54, 1.807) is 30.3 Å². The molecule has 1 aliphatic rings. The summed E-state index contributed by atoms with van der Waals surface area (Å²) in [6.07, 6.45) is 4.79. The van der Waals surface area contributed by atoms with Crippen LogP contribution >= 0.6 is 23.2 Å². The Morgan fingerprint density at radius 3 is 2.37 bits per heavy atom. The summed E-state index contributed by atoms with van der Waals surface area (Å²) in [5.41, 5.74) is 4.62. The van der Waals surface area contributed by atoms with Crippen molar-refractivity contribution in [3.63, 3.8) is 0 Å². The molecule has 4 aromatic rings. The van der Waals surface area contributed by atoms with Gasteiger partial charge in [0, 0.05) is 34.5 Å². The van der Waals surface area contributed by atoms with Crippen molar-refractivity contribution in [2.75, 3.05) is 36.5 Å². The van der Waals surface area contributed by atoms with Gasteiger partial charge in [0.05, 0.1) is 12.6 Å². The van der Waals surface area contributed by atoms with Crippen LogP contribution in [0.1, 0.15) is 59.5 Å². The molecule has 242 valence electrons. The summed E-state index contributed by atoms with van der Waals surface area (Å²) < 4.78 is 20.7. The number of anilines is 3. The van der Waals surface area contributed by atoms with Gasteiger partial charge in [-0.1, -0.05) is 47.3 Å². The van der Waals surface area contributed by atoms with Crippen molar-refractivity contribution >= 4 is 46.7 Å². The van der Waals surface area contributed by atoms with E-state index in [4.69, 9.17) is 27.9 Å². The lowest BCUT2D eigenvalue weighted by Crippen LogP contribution is -2.36. The first-order valence-corrected chi connectivity index (χ1v) is 16.2. The van der Waals surface area contributed by atoms with Crippen molar-refractivity contribution in [1.29, 1.82) is 0 Å². The minimum Gasteiger partial charge on any atom is -0.490 e. The molecule has 0 radical (unpaired) electrons. The molecule has 11 heteroatoms. The fraction of sp³-hybridized carbons (Fsp3) is 0.343. The van der Waals surface area contributed by atoms with E-state index in [0.29, 0.717) is 27.9 Å². The van der Waals surface area contributed by atoms with Crippen molar-refractivity contribution in [2.45, 2.75) is 52.5 Å². The van der Waals surface area contributed by atoms with Crippen LogP contribution in [0.2, 0.25) is 10.0 Å². The highest BCUT2D eigenvalue weighted by Crippen LogP contribution is 2.38. The number of nitrogens with zero attached hydrogens (tertiary/aromatic N) is 4. The van der Waals surface area contributed by atoms with E-state index in [2.05, 4.69) is 20.2 Å². The van der Waals surface area contributed by atoms with Crippen LogP contribution in [0.25, 0.3) is 0 Å². The van der Waals surface area contributed by atoms with E-state index in [0.717, 1.165) is 48.3 Å². The summed E-state index contributed by atoms with van der Waals surface area (Å²) in [7, 11) is 0. The van der Waals surface area contributed by atoms with Gasteiger partial charge in [0.25, 0.3) is 0 Å². The molecule has 0 saturated carbocycles. The summed E-state index contributed by atoms with van der Waals surface area (Å²) in [5, 5.41) is 14.4. The van der Waals surface area contributed by atoms with E-state index >= 15 is 0 Å². The second-order valence-electron chi connectivity index (χ2n) is 11.7. The second-order valence-corrected chi connectivity index (χ2v) is 12.6. The van der Waals surface area contributed by atoms with Gasteiger partial charge >= 0.3 is 6.09 Å². The molecule has 46 heavy (non-hydrogen) atoms. The average Bonchev–Trinajstić information content (AvgIpc) is 2.99. The Kier molecular flexibility index (Phi) is 11.0. The van der Waals surface area contributed by atoms with E-state index in [-0.39, 0.29) is 17.5 Å². The molecule has 1 fully saturated rings. The predicted molar refractivity (Wildman–Crippen MR) is 182 cm³/mol. The molecule has 0 bridgehead atoms. The number of carboxylic acid groups (broad SMARTS) is 1. The summed E-state index contributed by atoms with van der Waals surface area (Å²) in [6, 6.07) is 14.2. The summed E-state index contributed by atoms with van der Waals surface area (Å²) in [5.74, 6) is -0.143. The maximum absolute atomic E-state index is 15.0. The zero-order chi connectivity index (χ0) is 32.8. The fourth-order valence-electron chi connectivity index (χ4n) is 6.16. The second kappa shape index (κ2) is 15.1. The topological polar surface area (TPSA) is 90.8 Å². The normalized spacial score (nSPS) is 14.1. The molecular weight excluding hydrogens is 628 g/mol. The van der Waals surface area contributed by atoms with E-state index in [9.17, 15) is 14.3 Å². The Balaban J connectivity index is 1.39. The van der Waals surface area contributed by atoms with Crippen molar-refractivity contribution in [1.82, 2.24) is 14.9 Å². The van der Waals surface area contributed by atoms with Crippen LogP contribution in [0, 0.1) is 26.6 Å². The number of amides is 1. The van der Waals surface area contributed by atoms with E-state index < -0.39 is 18.0 Å². The molecule has 1 aliphatic heterocycles. The minimum absolute atomic E-state index is 0.0959. The molecule has 0 aliphatic carbocycles. The Morgan fingerprint density at radius 2 is 1.72 bits per heavy atom. The highest BCUT2D eigenvalue weighted by molar-refractivity contribution is 6.34. The SMILES string of the molecule is Cc1cc(C)c(C(c2cc(Cl)cc(Cl)c2)N(C(=O)O)c2ccnc(Nc3ccc(OCCCN4CCCCC4)c(F)c3)n2)c(C)c1. The third-order valence-electron chi connectivity index (χ3n) is 8.08. The molecule has 5 rings (SSSR count). The van der Waals surface area contributed by atoms with Gasteiger partial charge in [-0.3, -0.25) is 0 Å². The van der Waals surface area contributed by atoms with Crippen LogP contribution in [0.5, 0.6) is 5.75 Å². The molecule has 0 spiro atoms. The quantitative estimate of drug-likeness (QED) is 0.154. The number of piperidine rings is 1. The van der Waals surface area contributed by atoms with Gasteiger partial charge in [-0.15, -0.1) is 0 Å². The van der Waals surface area contributed by atoms with Crippen LogP contribution in [0.15, 0.2) is 60.8 Å². The molecule has 8 nitrogen and oxygen atoms in total. The average molecular weight is 667 g/mol. The number of nitrogens with one attached hydrogen (secondary N) is 1. The van der Waals surface area contributed by atoms with Gasteiger partial charge in [0.1, 0.15) is 5.82 Å². The van der Waals surface area contributed by atoms with Crippen LogP contribution in [0.3, 0.4) is 0 Å². The van der Waals surface area contributed by atoms with Gasteiger partial charge in [-0.2, -0.15) is 4.98 Å². The number of aryl methyl sites for hydroxylation is 3. The van der Waals surface area contributed by atoms with Gasteiger partial charge in [0.2, 0.25) is 5.95 Å². The monoisotopic (exact) mass is 665 g/mol. The number of hydrogen-bond acceptors (Lipinski definition) is 6. The molecule has 1 atom stereocenters. The van der Waals surface area contributed by atoms with E-state index in [1.165, 1.54) is 42.5 Å². The highest BCUT2D eigenvalue weighted by atomic mass is 35.5. The summed E-state index contributed by atoms with van der Waals surface area (Å²) >= 11 is 12.8. The molecule has 1 amide bonds.